The van der Waals surface area contributed by atoms with E-state index in [1.54, 1.807) is 0 Å². The molecule has 0 aromatic heterocycles. The third-order valence-corrected chi connectivity index (χ3v) is 3.71. The van der Waals surface area contributed by atoms with Crippen molar-refractivity contribution in [2.75, 3.05) is 65.6 Å². The molecule has 1 fully saturated rings. The molecule has 1 saturated heterocycles. The van der Waals surface area contributed by atoms with Gasteiger partial charge in [0.1, 0.15) is 0 Å². The molecule has 114 valence electrons. The van der Waals surface area contributed by atoms with Crippen molar-refractivity contribution in [1.82, 2.24) is 15.1 Å². The summed E-state index contributed by atoms with van der Waals surface area (Å²) in [5.74, 6) is 0. The van der Waals surface area contributed by atoms with E-state index in [2.05, 4.69) is 29.0 Å². The predicted molar refractivity (Wildman–Crippen MR) is 81.8 cm³/mol. The highest BCUT2D eigenvalue weighted by molar-refractivity contribution is 4.71. The summed E-state index contributed by atoms with van der Waals surface area (Å²) in [4.78, 5) is 5.16. The summed E-state index contributed by atoms with van der Waals surface area (Å²) in [7, 11) is 0. The second kappa shape index (κ2) is 11.6. The normalized spacial score (nSPS) is 18.0. The van der Waals surface area contributed by atoms with Crippen LogP contribution in [0.2, 0.25) is 0 Å². The van der Waals surface area contributed by atoms with Gasteiger partial charge in [-0.2, -0.15) is 0 Å². The smallest absolute Gasteiger partial charge is 0.0466 e. The van der Waals surface area contributed by atoms with E-state index in [0.29, 0.717) is 0 Å². The number of piperazine rings is 1. The first-order chi connectivity index (χ1) is 9.36. The van der Waals surface area contributed by atoms with Crippen molar-refractivity contribution in [3.8, 4) is 0 Å². The summed E-state index contributed by atoms with van der Waals surface area (Å²) in [6.07, 6.45) is 3.68. The van der Waals surface area contributed by atoms with Crippen LogP contribution in [-0.4, -0.2) is 75.4 Å². The van der Waals surface area contributed by atoms with E-state index >= 15 is 0 Å². The number of hydrogen-bond donors (Lipinski definition) is 1. The maximum absolute atomic E-state index is 5.32. The first kappa shape index (κ1) is 16.9. The summed E-state index contributed by atoms with van der Waals surface area (Å²) in [6.45, 7) is 15.8. The van der Waals surface area contributed by atoms with Crippen molar-refractivity contribution in [2.45, 2.75) is 33.1 Å². The lowest BCUT2D eigenvalue weighted by atomic mass is 10.3. The van der Waals surface area contributed by atoms with Crippen molar-refractivity contribution in [3.05, 3.63) is 0 Å². The van der Waals surface area contributed by atoms with Gasteiger partial charge in [0.15, 0.2) is 0 Å². The molecule has 4 nitrogen and oxygen atoms in total. The number of hydrogen-bond acceptors (Lipinski definition) is 4. The molecule has 0 unspecified atom stereocenters. The topological polar surface area (TPSA) is 27.7 Å². The Morgan fingerprint density at radius 1 is 0.895 bits per heavy atom. The van der Waals surface area contributed by atoms with E-state index in [0.717, 1.165) is 26.3 Å². The zero-order valence-corrected chi connectivity index (χ0v) is 13.0. The molecule has 0 radical (unpaired) electrons. The molecule has 0 aromatic carbocycles. The lowest BCUT2D eigenvalue weighted by Crippen LogP contribution is -2.48. The second-order valence-corrected chi connectivity index (χ2v) is 5.34. The van der Waals surface area contributed by atoms with Gasteiger partial charge in [-0.3, -0.25) is 4.90 Å². The molecule has 0 bridgehead atoms. The minimum Gasteiger partial charge on any atom is -0.382 e. The number of unbranched alkanes of at least 4 members (excludes halogenated alkanes) is 1. The van der Waals surface area contributed by atoms with Gasteiger partial charge in [-0.25, -0.2) is 0 Å². The molecule has 4 heteroatoms. The van der Waals surface area contributed by atoms with Crippen molar-refractivity contribution < 1.29 is 4.74 Å². The average molecular weight is 271 g/mol. The van der Waals surface area contributed by atoms with Crippen LogP contribution < -0.4 is 5.32 Å². The van der Waals surface area contributed by atoms with E-state index in [-0.39, 0.29) is 0 Å². The molecular formula is C15H33N3O. The van der Waals surface area contributed by atoms with E-state index in [4.69, 9.17) is 4.74 Å². The van der Waals surface area contributed by atoms with E-state index in [1.807, 2.05) is 0 Å². The fraction of sp³-hybridized carbons (Fsp3) is 1.00. The zero-order chi connectivity index (χ0) is 13.8. The summed E-state index contributed by atoms with van der Waals surface area (Å²) in [5.41, 5.74) is 0. The lowest BCUT2D eigenvalue weighted by Gasteiger charge is -2.34. The lowest BCUT2D eigenvalue weighted by molar-refractivity contribution is 0.132. The van der Waals surface area contributed by atoms with E-state index in [1.165, 1.54) is 58.5 Å². The maximum Gasteiger partial charge on any atom is 0.0466 e. The largest absolute Gasteiger partial charge is 0.382 e. The summed E-state index contributed by atoms with van der Waals surface area (Å²) >= 11 is 0. The Bertz CT molecular complexity index is 194. The third kappa shape index (κ3) is 8.58. The van der Waals surface area contributed by atoms with Gasteiger partial charge in [0.05, 0.1) is 0 Å². The molecule has 0 amide bonds. The van der Waals surface area contributed by atoms with Crippen LogP contribution in [0.3, 0.4) is 0 Å². The van der Waals surface area contributed by atoms with Crippen LogP contribution in [-0.2, 0) is 4.74 Å². The Balaban J connectivity index is 1.85. The summed E-state index contributed by atoms with van der Waals surface area (Å²) in [6, 6.07) is 0. The van der Waals surface area contributed by atoms with Gasteiger partial charge < -0.3 is 15.0 Å². The Kier molecular flexibility index (Phi) is 10.4. The number of ether oxygens (including phenoxy) is 1. The fourth-order valence-electron chi connectivity index (χ4n) is 2.51. The quantitative estimate of drug-likeness (QED) is 0.575. The van der Waals surface area contributed by atoms with Crippen LogP contribution in [0, 0.1) is 0 Å². The van der Waals surface area contributed by atoms with Crippen molar-refractivity contribution in [2.24, 2.45) is 0 Å². The minimum absolute atomic E-state index is 0.845. The van der Waals surface area contributed by atoms with Crippen LogP contribution in [0.5, 0.6) is 0 Å². The molecule has 19 heavy (non-hydrogen) atoms. The Labute approximate surface area is 119 Å². The molecule has 0 aromatic rings. The van der Waals surface area contributed by atoms with Gasteiger partial charge in [0, 0.05) is 52.5 Å². The third-order valence-electron chi connectivity index (χ3n) is 3.71. The Hall–Kier alpha value is -0.160. The Morgan fingerprint density at radius 3 is 2.21 bits per heavy atom. The van der Waals surface area contributed by atoms with Gasteiger partial charge in [-0.05, 0) is 39.3 Å². The minimum atomic E-state index is 0.845. The highest BCUT2D eigenvalue weighted by Crippen LogP contribution is 2.01. The standard InChI is InChI=1S/C15H33N3O/c1-3-9-17-11-13-18(14-12-17)10-8-16-7-5-6-15-19-4-2/h16H,3-15H2,1-2H3. The first-order valence-corrected chi connectivity index (χ1v) is 8.10. The fourth-order valence-corrected chi connectivity index (χ4v) is 2.51. The summed E-state index contributed by atoms with van der Waals surface area (Å²) in [5, 5.41) is 3.54. The number of rotatable bonds is 11. The van der Waals surface area contributed by atoms with E-state index < -0.39 is 0 Å². The van der Waals surface area contributed by atoms with Gasteiger partial charge in [-0.1, -0.05) is 6.92 Å². The zero-order valence-electron chi connectivity index (χ0n) is 13.0. The number of nitrogens with one attached hydrogen (secondary N) is 1. The van der Waals surface area contributed by atoms with Gasteiger partial charge in [-0.15, -0.1) is 0 Å². The molecule has 1 aliphatic rings. The van der Waals surface area contributed by atoms with Gasteiger partial charge >= 0.3 is 0 Å². The first-order valence-electron chi connectivity index (χ1n) is 8.10. The van der Waals surface area contributed by atoms with Gasteiger partial charge in [0.25, 0.3) is 0 Å². The molecule has 1 heterocycles. The van der Waals surface area contributed by atoms with Crippen LogP contribution in [0.25, 0.3) is 0 Å². The average Bonchev–Trinajstić information content (AvgIpc) is 2.44. The van der Waals surface area contributed by atoms with Gasteiger partial charge in [0.2, 0.25) is 0 Å². The molecule has 1 aliphatic heterocycles. The monoisotopic (exact) mass is 271 g/mol. The van der Waals surface area contributed by atoms with Crippen molar-refractivity contribution >= 4 is 0 Å². The highest BCUT2D eigenvalue weighted by atomic mass is 16.5. The molecule has 1 rings (SSSR count). The molecule has 1 N–H and O–H groups in total. The molecular weight excluding hydrogens is 238 g/mol. The Morgan fingerprint density at radius 2 is 1.58 bits per heavy atom. The SMILES string of the molecule is CCCN1CCN(CCNCCCCOCC)CC1. The molecule has 0 aliphatic carbocycles. The molecule has 0 saturated carbocycles. The van der Waals surface area contributed by atoms with Crippen molar-refractivity contribution in [3.63, 3.8) is 0 Å². The molecule has 0 atom stereocenters. The highest BCUT2D eigenvalue weighted by Gasteiger charge is 2.14. The molecule has 0 spiro atoms. The number of nitrogens with zero attached hydrogens (tertiary/aromatic N) is 2. The van der Waals surface area contributed by atoms with Crippen LogP contribution >= 0.6 is 0 Å². The van der Waals surface area contributed by atoms with Crippen molar-refractivity contribution in [1.29, 1.82) is 0 Å². The predicted octanol–water partition coefficient (Wildman–Crippen LogP) is 1.42. The van der Waals surface area contributed by atoms with Crippen LogP contribution in [0.4, 0.5) is 0 Å². The van der Waals surface area contributed by atoms with Crippen LogP contribution in [0.1, 0.15) is 33.1 Å². The maximum atomic E-state index is 5.32. The van der Waals surface area contributed by atoms with Crippen LogP contribution in [0.15, 0.2) is 0 Å². The second-order valence-electron chi connectivity index (χ2n) is 5.34. The van der Waals surface area contributed by atoms with E-state index in [9.17, 15) is 0 Å². The summed E-state index contributed by atoms with van der Waals surface area (Å²) < 4.78 is 5.32.